The zero-order chi connectivity index (χ0) is 15.0. The molecule has 4 aliphatic heterocycles. The van der Waals surface area contributed by atoms with Crippen molar-refractivity contribution in [3.8, 4) is 0 Å². The monoisotopic (exact) mass is 379 g/mol. The highest BCUT2D eigenvalue weighted by molar-refractivity contribution is 5.86. The van der Waals surface area contributed by atoms with Crippen LogP contribution in [0.1, 0.15) is 43.0 Å². The van der Waals surface area contributed by atoms with Gasteiger partial charge in [0.1, 0.15) is 0 Å². The Bertz CT molecular complexity index is 773. The zero-order valence-electron chi connectivity index (χ0n) is 14.4. The number of hydrogen-bond acceptors (Lipinski definition) is 2. The summed E-state index contributed by atoms with van der Waals surface area (Å²) in [7, 11) is 0. The fourth-order valence-corrected chi connectivity index (χ4v) is 6.48. The average Bonchev–Trinajstić information content (AvgIpc) is 3.01. The Balaban J connectivity index is 0.000000784. The van der Waals surface area contributed by atoms with Gasteiger partial charge in [0.25, 0.3) is 0 Å². The third kappa shape index (κ3) is 2.32. The zero-order valence-corrected chi connectivity index (χ0v) is 16.0. The largest absolute Gasteiger partial charge is 0.357 e. The van der Waals surface area contributed by atoms with Gasteiger partial charge in [-0.3, -0.25) is 4.90 Å². The molecule has 0 amide bonds. The van der Waals surface area contributed by atoms with E-state index in [2.05, 4.69) is 39.5 Å². The highest BCUT2D eigenvalue weighted by atomic mass is 35.5. The molecule has 0 radical (unpaired) electrons. The second kappa shape index (κ2) is 6.45. The third-order valence-electron chi connectivity index (χ3n) is 7.26. The number of aromatic nitrogens is 1. The van der Waals surface area contributed by atoms with E-state index in [1.807, 2.05) is 0 Å². The van der Waals surface area contributed by atoms with Crippen LogP contribution >= 0.6 is 24.8 Å². The van der Waals surface area contributed by atoms with Crippen molar-refractivity contribution in [2.45, 2.75) is 50.2 Å². The Kier molecular flexibility index (Phi) is 4.56. The fraction of sp³-hybridized carbons (Fsp3) is 0.600. The van der Waals surface area contributed by atoms with E-state index < -0.39 is 0 Å². The van der Waals surface area contributed by atoms with E-state index in [4.69, 9.17) is 0 Å². The summed E-state index contributed by atoms with van der Waals surface area (Å²) < 4.78 is 0. The number of piperidine rings is 3. The molecule has 5 atom stereocenters. The van der Waals surface area contributed by atoms with Crippen LogP contribution in [-0.4, -0.2) is 35.1 Å². The summed E-state index contributed by atoms with van der Waals surface area (Å²) in [5, 5.41) is 5.38. The van der Waals surface area contributed by atoms with Gasteiger partial charge in [0.15, 0.2) is 0 Å². The van der Waals surface area contributed by atoms with E-state index in [1.165, 1.54) is 56.1 Å². The number of nitrogens with one attached hydrogen (secondary N) is 2. The molecule has 7 rings (SSSR count). The topological polar surface area (TPSA) is 31.1 Å². The fourth-order valence-electron chi connectivity index (χ4n) is 6.48. The van der Waals surface area contributed by atoms with Gasteiger partial charge in [0.05, 0.1) is 6.04 Å². The summed E-state index contributed by atoms with van der Waals surface area (Å²) in [5.41, 5.74) is 4.51. The SMILES string of the molecule is Cl.Cl.c1ccc2c3c([nH]c2c1)[C@H]1[C@@H]2CC[C@@H]([C@@H]4CCCN[C@@H]42)N1CC3. The van der Waals surface area contributed by atoms with E-state index in [9.17, 15) is 0 Å². The first-order valence-electron chi connectivity index (χ1n) is 9.50. The van der Waals surface area contributed by atoms with Crippen LogP contribution in [0.3, 0.4) is 0 Å². The van der Waals surface area contributed by atoms with E-state index in [0.717, 1.165) is 23.9 Å². The molecule has 1 aromatic heterocycles. The standard InChI is InChI=1S/C20H25N3.2ClH/c1-2-6-16-12(4-1)13-9-11-23-17-8-7-15(20(23)19(13)22-16)18-14(17)5-3-10-21-18;;/h1-2,4,6,14-15,17-18,20-22H,3,5,7-11H2;2*1H/t14-,15+,17-,18-,20+;;/m0../s1. The second-order valence-electron chi connectivity index (χ2n) is 8.09. The van der Waals surface area contributed by atoms with Gasteiger partial charge in [-0.1, -0.05) is 18.2 Å². The summed E-state index contributed by atoms with van der Waals surface area (Å²) in [4.78, 5) is 6.72. The van der Waals surface area contributed by atoms with Gasteiger partial charge in [-0.25, -0.2) is 0 Å². The maximum atomic E-state index is 3.91. The molecule has 5 aliphatic rings. The highest BCUT2D eigenvalue weighted by Gasteiger charge is 2.55. The number of para-hydroxylation sites is 1. The van der Waals surface area contributed by atoms with Crippen LogP contribution in [-0.2, 0) is 6.42 Å². The first-order chi connectivity index (χ1) is 11.4. The molecule has 0 unspecified atom stereocenters. The Morgan fingerprint density at radius 1 is 1.00 bits per heavy atom. The molecule has 4 fully saturated rings. The van der Waals surface area contributed by atoms with Gasteiger partial charge < -0.3 is 10.3 Å². The maximum absolute atomic E-state index is 3.91. The van der Waals surface area contributed by atoms with Gasteiger partial charge in [0, 0.05) is 35.2 Å². The Hall–Kier alpha value is -0.740. The molecule has 3 saturated heterocycles. The third-order valence-corrected chi connectivity index (χ3v) is 7.26. The van der Waals surface area contributed by atoms with Crippen molar-refractivity contribution in [2.24, 2.45) is 11.8 Å². The minimum Gasteiger partial charge on any atom is -0.357 e. The molecule has 5 heterocycles. The van der Waals surface area contributed by atoms with Crippen molar-refractivity contribution in [1.82, 2.24) is 15.2 Å². The number of rotatable bonds is 0. The predicted molar refractivity (Wildman–Crippen MR) is 107 cm³/mol. The van der Waals surface area contributed by atoms with Gasteiger partial charge >= 0.3 is 0 Å². The predicted octanol–water partition coefficient (Wildman–Crippen LogP) is 4.07. The van der Waals surface area contributed by atoms with Crippen LogP contribution < -0.4 is 5.32 Å². The Labute approximate surface area is 161 Å². The first-order valence-corrected chi connectivity index (χ1v) is 9.50. The van der Waals surface area contributed by atoms with Crippen molar-refractivity contribution in [3.05, 3.63) is 35.5 Å². The lowest BCUT2D eigenvalue weighted by Gasteiger charge is -2.61. The minimum atomic E-state index is 0. The molecular weight excluding hydrogens is 353 g/mol. The smallest absolute Gasteiger partial charge is 0.0547 e. The van der Waals surface area contributed by atoms with Gasteiger partial charge in [-0.2, -0.15) is 0 Å². The van der Waals surface area contributed by atoms with E-state index >= 15 is 0 Å². The lowest BCUT2D eigenvalue weighted by Crippen LogP contribution is -2.67. The van der Waals surface area contributed by atoms with Crippen molar-refractivity contribution in [2.75, 3.05) is 13.1 Å². The molecule has 2 N–H and O–H groups in total. The summed E-state index contributed by atoms with van der Waals surface area (Å²) in [6.07, 6.45) is 6.89. The molecule has 3 nitrogen and oxygen atoms in total. The minimum absolute atomic E-state index is 0. The number of H-pyrrole nitrogens is 1. The van der Waals surface area contributed by atoms with Crippen LogP contribution in [0, 0.1) is 11.8 Å². The molecule has 0 spiro atoms. The van der Waals surface area contributed by atoms with Crippen molar-refractivity contribution < 1.29 is 0 Å². The number of aromatic amines is 1. The van der Waals surface area contributed by atoms with Crippen molar-refractivity contribution in [1.29, 1.82) is 0 Å². The van der Waals surface area contributed by atoms with E-state index in [-0.39, 0.29) is 24.8 Å². The van der Waals surface area contributed by atoms with Crippen molar-refractivity contribution >= 4 is 35.7 Å². The van der Waals surface area contributed by atoms with Crippen LogP contribution in [0.2, 0.25) is 0 Å². The molecule has 5 heteroatoms. The van der Waals surface area contributed by atoms with Crippen LogP contribution in [0.15, 0.2) is 24.3 Å². The number of fused-ring (bicyclic) bond motifs is 4. The van der Waals surface area contributed by atoms with Crippen LogP contribution in [0.25, 0.3) is 10.9 Å². The lowest BCUT2D eigenvalue weighted by atomic mass is 9.61. The summed E-state index contributed by atoms with van der Waals surface area (Å²) in [5.74, 6) is 1.71. The summed E-state index contributed by atoms with van der Waals surface area (Å²) in [6, 6.07) is 11.1. The molecule has 1 saturated carbocycles. The van der Waals surface area contributed by atoms with Crippen LogP contribution in [0.5, 0.6) is 0 Å². The van der Waals surface area contributed by atoms with Crippen LogP contribution in [0.4, 0.5) is 0 Å². The average molecular weight is 380 g/mol. The molecule has 1 aromatic carbocycles. The maximum Gasteiger partial charge on any atom is 0.0547 e. The number of hydrogen-bond donors (Lipinski definition) is 2. The lowest BCUT2D eigenvalue weighted by molar-refractivity contribution is -0.0920. The molecule has 25 heavy (non-hydrogen) atoms. The number of halogens is 2. The highest BCUT2D eigenvalue weighted by Crippen LogP contribution is 2.54. The summed E-state index contributed by atoms with van der Waals surface area (Å²) in [6.45, 7) is 2.50. The normalized spacial score (nSPS) is 35.9. The quantitative estimate of drug-likeness (QED) is 0.722. The summed E-state index contributed by atoms with van der Waals surface area (Å²) >= 11 is 0. The molecule has 2 aromatic rings. The van der Waals surface area contributed by atoms with E-state index in [1.54, 1.807) is 11.3 Å². The molecule has 2 bridgehead atoms. The van der Waals surface area contributed by atoms with Gasteiger partial charge in [-0.15, -0.1) is 24.8 Å². The molecule has 1 aliphatic carbocycles. The van der Waals surface area contributed by atoms with Crippen molar-refractivity contribution in [3.63, 3.8) is 0 Å². The Morgan fingerprint density at radius 3 is 2.80 bits per heavy atom. The Morgan fingerprint density at radius 2 is 1.88 bits per heavy atom. The number of nitrogens with zero attached hydrogens (tertiary/aromatic N) is 1. The molecular formula is C20H27Cl2N3. The van der Waals surface area contributed by atoms with E-state index in [0.29, 0.717) is 6.04 Å². The van der Waals surface area contributed by atoms with Gasteiger partial charge in [0.2, 0.25) is 0 Å². The first kappa shape index (κ1) is 17.7. The molecule has 136 valence electrons. The van der Waals surface area contributed by atoms with Gasteiger partial charge in [-0.05, 0) is 62.1 Å². The number of benzene rings is 1. The second-order valence-corrected chi connectivity index (χ2v) is 8.09.